The van der Waals surface area contributed by atoms with Crippen molar-refractivity contribution in [2.24, 2.45) is 0 Å². The number of amides is 2. The molecule has 2 rings (SSSR count). The highest BCUT2D eigenvalue weighted by molar-refractivity contribution is 5.72. The maximum absolute atomic E-state index is 11.9. The molecule has 0 saturated heterocycles. The summed E-state index contributed by atoms with van der Waals surface area (Å²) < 4.78 is 0. The van der Waals surface area contributed by atoms with Gasteiger partial charge in [0.1, 0.15) is 6.61 Å². The maximum atomic E-state index is 11.9. The van der Waals surface area contributed by atoms with Crippen LogP contribution in [0, 0.1) is 13.8 Å². The number of nitrogens with one attached hydrogen (secondary N) is 1. The molecule has 22 heavy (non-hydrogen) atoms. The van der Waals surface area contributed by atoms with Crippen LogP contribution in [0.25, 0.3) is 0 Å². The lowest BCUT2D eigenvalue weighted by molar-refractivity contribution is -0.134. The molecule has 0 saturated carbocycles. The molecule has 0 spiro atoms. The smallest absolute Gasteiger partial charge is 0.339 e. The van der Waals surface area contributed by atoms with Gasteiger partial charge in [-0.25, -0.2) is 4.79 Å². The van der Waals surface area contributed by atoms with Crippen LogP contribution in [0.3, 0.4) is 0 Å². The highest BCUT2D eigenvalue weighted by Gasteiger charge is 2.13. The standard InChI is InChI=1S/C18H22N2O2/c1-14-4-8-16(9-5-14)12-20(18(21)19-3)22-13-17-10-6-15(2)7-11-17/h4-11H,12-13H2,1-3H3,(H,19,21). The number of carbonyl (C=O) groups excluding carboxylic acids is 1. The third-order valence-electron chi connectivity index (χ3n) is 3.39. The van der Waals surface area contributed by atoms with Crippen molar-refractivity contribution in [2.75, 3.05) is 7.05 Å². The average Bonchev–Trinajstić information content (AvgIpc) is 2.54. The Labute approximate surface area is 131 Å². The summed E-state index contributed by atoms with van der Waals surface area (Å²) in [5.41, 5.74) is 4.45. The van der Waals surface area contributed by atoms with E-state index in [9.17, 15) is 4.79 Å². The number of hydrogen-bond acceptors (Lipinski definition) is 2. The second-order valence-electron chi connectivity index (χ2n) is 5.34. The first-order valence-electron chi connectivity index (χ1n) is 7.32. The van der Waals surface area contributed by atoms with Gasteiger partial charge in [0.05, 0.1) is 6.54 Å². The van der Waals surface area contributed by atoms with E-state index in [1.54, 1.807) is 7.05 Å². The molecule has 0 aliphatic rings. The zero-order valence-corrected chi connectivity index (χ0v) is 13.3. The molecule has 0 unspecified atom stereocenters. The van der Waals surface area contributed by atoms with Crippen molar-refractivity contribution in [3.05, 3.63) is 70.8 Å². The molecular formula is C18H22N2O2. The van der Waals surface area contributed by atoms with E-state index in [0.29, 0.717) is 13.2 Å². The monoisotopic (exact) mass is 298 g/mol. The fraction of sp³-hybridized carbons (Fsp3) is 0.278. The van der Waals surface area contributed by atoms with Gasteiger partial charge in [0.2, 0.25) is 0 Å². The van der Waals surface area contributed by atoms with Gasteiger partial charge in [0.15, 0.2) is 0 Å². The molecule has 0 radical (unpaired) electrons. The molecule has 0 fully saturated rings. The van der Waals surface area contributed by atoms with Crippen molar-refractivity contribution in [3.63, 3.8) is 0 Å². The number of benzene rings is 2. The van der Waals surface area contributed by atoms with Gasteiger partial charge in [-0.1, -0.05) is 59.7 Å². The minimum absolute atomic E-state index is 0.257. The second-order valence-corrected chi connectivity index (χ2v) is 5.34. The van der Waals surface area contributed by atoms with Crippen LogP contribution in [-0.4, -0.2) is 18.1 Å². The first-order chi connectivity index (χ1) is 10.6. The molecule has 2 amide bonds. The van der Waals surface area contributed by atoms with Crippen LogP contribution >= 0.6 is 0 Å². The van der Waals surface area contributed by atoms with E-state index in [-0.39, 0.29) is 6.03 Å². The number of nitrogens with zero attached hydrogens (tertiary/aromatic N) is 1. The van der Waals surface area contributed by atoms with Crippen LogP contribution < -0.4 is 5.32 Å². The largest absolute Gasteiger partial charge is 0.341 e. The zero-order valence-electron chi connectivity index (χ0n) is 13.3. The fourth-order valence-electron chi connectivity index (χ4n) is 2.00. The van der Waals surface area contributed by atoms with E-state index < -0.39 is 0 Å². The molecule has 2 aromatic carbocycles. The van der Waals surface area contributed by atoms with Gasteiger partial charge in [0, 0.05) is 7.05 Å². The Balaban J connectivity index is 2.01. The molecule has 0 aromatic heterocycles. The van der Waals surface area contributed by atoms with Gasteiger partial charge in [0.25, 0.3) is 0 Å². The minimum atomic E-state index is -0.257. The summed E-state index contributed by atoms with van der Waals surface area (Å²) in [6, 6.07) is 15.9. The topological polar surface area (TPSA) is 41.6 Å². The molecular weight excluding hydrogens is 276 g/mol. The molecule has 0 aliphatic carbocycles. The van der Waals surface area contributed by atoms with Crippen molar-refractivity contribution in [1.29, 1.82) is 0 Å². The second kappa shape index (κ2) is 7.61. The van der Waals surface area contributed by atoms with Gasteiger partial charge in [-0.15, -0.1) is 0 Å². The zero-order chi connectivity index (χ0) is 15.9. The van der Waals surface area contributed by atoms with E-state index in [4.69, 9.17) is 4.84 Å². The van der Waals surface area contributed by atoms with Crippen LogP contribution in [0.2, 0.25) is 0 Å². The predicted octanol–water partition coefficient (Wildman–Crippen LogP) is 3.58. The summed E-state index contributed by atoms with van der Waals surface area (Å²) in [7, 11) is 1.60. The van der Waals surface area contributed by atoms with Crippen LogP contribution in [0.1, 0.15) is 22.3 Å². The van der Waals surface area contributed by atoms with Crippen LogP contribution in [0.15, 0.2) is 48.5 Å². The number of hydroxylamine groups is 2. The number of carbonyl (C=O) groups is 1. The van der Waals surface area contributed by atoms with E-state index in [1.807, 2.05) is 62.4 Å². The van der Waals surface area contributed by atoms with Crippen molar-refractivity contribution in [1.82, 2.24) is 10.4 Å². The fourth-order valence-corrected chi connectivity index (χ4v) is 2.00. The Kier molecular flexibility index (Phi) is 5.55. The summed E-state index contributed by atoms with van der Waals surface area (Å²) in [5.74, 6) is 0. The number of hydrogen-bond donors (Lipinski definition) is 1. The molecule has 0 aliphatic heterocycles. The van der Waals surface area contributed by atoms with Crippen LogP contribution in [-0.2, 0) is 18.0 Å². The first kappa shape index (κ1) is 16.0. The van der Waals surface area contributed by atoms with Gasteiger partial charge in [-0.2, -0.15) is 5.06 Å². The average molecular weight is 298 g/mol. The number of urea groups is 1. The molecule has 116 valence electrons. The van der Waals surface area contributed by atoms with Crippen molar-refractivity contribution in [3.8, 4) is 0 Å². The summed E-state index contributed by atoms with van der Waals surface area (Å²) >= 11 is 0. The highest BCUT2D eigenvalue weighted by atomic mass is 16.7. The van der Waals surface area contributed by atoms with E-state index in [2.05, 4.69) is 5.32 Å². The summed E-state index contributed by atoms with van der Waals surface area (Å²) in [5, 5.41) is 3.96. The quantitative estimate of drug-likeness (QED) is 0.857. The molecule has 0 heterocycles. The Bertz CT molecular complexity index is 606. The molecule has 4 nitrogen and oxygen atoms in total. The van der Waals surface area contributed by atoms with Crippen LogP contribution in [0.4, 0.5) is 4.79 Å². The number of rotatable bonds is 5. The lowest BCUT2D eigenvalue weighted by atomic mass is 10.1. The predicted molar refractivity (Wildman–Crippen MR) is 87.1 cm³/mol. The third-order valence-corrected chi connectivity index (χ3v) is 3.39. The van der Waals surface area contributed by atoms with Crippen LogP contribution in [0.5, 0.6) is 0 Å². The highest BCUT2D eigenvalue weighted by Crippen LogP contribution is 2.11. The van der Waals surface area contributed by atoms with E-state index in [0.717, 1.165) is 11.1 Å². The van der Waals surface area contributed by atoms with Gasteiger partial charge in [-0.05, 0) is 25.0 Å². The van der Waals surface area contributed by atoms with Crippen molar-refractivity contribution < 1.29 is 9.63 Å². The van der Waals surface area contributed by atoms with E-state index >= 15 is 0 Å². The lowest BCUT2D eigenvalue weighted by Gasteiger charge is -2.21. The molecule has 0 bridgehead atoms. The molecule has 2 aromatic rings. The Morgan fingerprint density at radius 3 is 1.95 bits per heavy atom. The Morgan fingerprint density at radius 1 is 0.955 bits per heavy atom. The Hall–Kier alpha value is -2.33. The van der Waals surface area contributed by atoms with Crippen molar-refractivity contribution in [2.45, 2.75) is 27.0 Å². The van der Waals surface area contributed by atoms with Gasteiger partial charge < -0.3 is 5.32 Å². The molecule has 1 N–H and O–H groups in total. The number of aryl methyl sites for hydroxylation is 2. The summed E-state index contributed by atoms with van der Waals surface area (Å²) in [6.45, 7) is 4.85. The first-order valence-corrected chi connectivity index (χ1v) is 7.32. The van der Waals surface area contributed by atoms with E-state index in [1.165, 1.54) is 16.2 Å². The normalized spacial score (nSPS) is 10.3. The summed E-state index contributed by atoms with van der Waals surface area (Å²) in [4.78, 5) is 17.6. The third kappa shape index (κ3) is 4.60. The van der Waals surface area contributed by atoms with Gasteiger partial charge >= 0.3 is 6.03 Å². The van der Waals surface area contributed by atoms with Gasteiger partial charge in [-0.3, -0.25) is 4.84 Å². The molecule has 4 heteroatoms. The summed E-state index contributed by atoms with van der Waals surface area (Å²) in [6.07, 6.45) is 0. The molecule has 0 atom stereocenters. The lowest BCUT2D eigenvalue weighted by Crippen LogP contribution is -2.37. The minimum Gasteiger partial charge on any atom is -0.339 e. The van der Waals surface area contributed by atoms with Crippen molar-refractivity contribution >= 4 is 6.03 Å². The SMILES string of the molecule is CNC(=O)N(Cc1ccc(C)cc1)OCc1ccc(C)cc1. The Morgan fingerprint density at radius 2 is 1.45 bits per heavy atom. The maximum Gasteiger partial charge on any atom is 0.341 e.